The van der Waals surface area contributed by atoms with Crippen molar-refractivity contribution >= 4 is 0 Å². The monoisotopic (exact) mass is 418 g/mol. The van der Waals surface area contributed by atoms with Gasteiger partial charge in [0.25, 0.3) is 0 Å². The normalized spacial score (nSPS) is 8.47. The molecule has 0 bridgehead atoms. The van der Waals surface area contributed by atoms with Gasteiger partial charge in [-0.2, -0.15) is 0 Å². The van der Waals surface area contributed by atoms with Gasteiger partial charge >= 0.3 is 16.5 Å². The van der Waals surface area contributed by atoms with E-state index >= 15 is 0 Å². The maximum atomic E-state index is 2.38. The van der Waals surface area contributed by atoms with Gasteiger partial charge in [0.05, 0.1) is 0 Å². The summed E-state index contributed by atoms with van der Waals surface area (Å²) in [6, 6.07) is 0. The second kappa shape index (κ2) is 26.0. The topological polar surface area (TPSA) is 6.48 Å². The van der Waals surface area contributed by atoms with Gasteiger partial charge in [-0.05, 0) is 39.3 Å². The van der Waals surface area contributed by atoms with Crippen molar-refractivity contribution in [3.05, 3.63) is 0 Å². The van der Waals surface area contributed by atoms with Gasteiger partial charge in [0, 0.05) is 0 Å². The summed E-state index contributed by atoms with van der Waals surface area (Å²) in [4.78, 5) is 4.75. The fraction of sp³-hybridized carbons (Fsp3) is 1.00. The summed E-state index contributed by atoms with van der Waals surface area (Å²) >= 11 is 0. The van der Waals surface area contributed by atoms with Crippen LogP contribution in [-0.2, 0) is 16.5 Å². The second-order valence-electron chi connectivity index (χ2n) is 3.24. The molecule has 0 aliphatic carbocycles. The van der Waals surface area contributed by atoms with Crippen LogP contribution in [0.15, 0.2) is 0 Å². The fourth-order valence-electron chi connectivity index (χ4n) is 1.34. The summed E-state index contributed by atoms with van der Waals surface area (Å²) in [5.41, 5.74) is 0. The van der Waals surface area contributed by atoms with Crippen LogP contribution in [0, 0.1) is 0 Å². The van der Waals surface area contributed by atoms with Crippen LogP contribution in [0.3, 0.4) is 0 Å². The summed E-state index contributed by atoms with van der Waals surface area (Å²) in [5.74, 6) is 0. The average Bonchev–Trinajstić information content (AvgIpc) is 2.24. The van der Waals surface area contributed by atoms with Crippen molar-refractivity contribution in [2.45, 2.75) is 41.5 Å². The Morgan fingerprint density at radius 2 is 0.588 bits per heavy atom. The van der Waals surface area contributed by atoms with Gasteiger partial charge in [-0.3, -0.25) is 0 Å². The van der Waals surface area contributed by atoms with E-state index in [0.29, 0.717) is 0 Å². The van der Waals surface area contributed by atoms with E-state index in [0.717, 1.165) is 0 Å². The molecular weight excluding hydrogens is 391 g/mol. The van der Waals surface area contributed by atoms with Crippen LogP contribution in [0.4, 0.5) is 0 Å². The van der Waals surface area contributed by atoms with E-state index in [4.69, 9.17) is 0 Å². The van der Waals surface area contributed by atoms with E-state index in [-0.39, 0.29) is 50.5 Å². The molecule has 0 heterocycles. The molecule has 0 aromatic heterocycles. The van der Waals surface area contributed by atoms with Gasteiger partial charge in [0.15, 0.2) is 0 Å². The molecule has 0 atom stereocenters. The molecule has 0 aromatic carbocycles. The van der Waals surface area contributed by atoms with Crippen LogP contribution in [-0.4, -0.2) is 49.1 Å². The first kappa shape index (κ1) is 31.0. The minimum atomic E-state index is 0. The SMILES string of the molecule is CCN(CC)CC.CCN(CC)CC.[Br-].[Br-].[Ni+2]. The van der Waals surface area contributed by atoms with E-state index in [1.807, 2.05) is 0 Å². The van der Waals surface area contributed by atoms with E-state index in [1.165, 1.54) is 39.3 Å². The van der Waals surface area contributed by atoms with Crippen molar-refractivity contribution in [3.8, 4) is 0 Å². The molecule has 0 spiro atoms. The first-order valence-corrected chi connectivity index (χ1v) is 6.14. The molecule has 17 heavy (non-hydrogen) atoms. The van der Waals surface area contributed by atoms with Gasteiger partial charge in [-0.25, -0.2) is 0 Å². The maximum absolute atomic E-state index is 2.38. The smallest absolute Gasteiger partial charge is 1.00 e. The van der Waals surface area contributed by atoms with Gasteiger partial charge < -0.3 is 43.8 Å². The van der Waals surface area contributed by atoms with Gasteiger partial charge in [0.1, 0.15) is 0 Å². The Morgan fingerprint density at radius 1 is 0.471 bits per heavy atom. The van der Waals surface area contributed by atoms with Crippen molar-refractivity contribution in [2.75, 3.05) is 39.3 Å². The zero-order chi connectivity index (χ0) is 11.4. The van der Waals surface area contributed by atoms with E-state index in [9.17, 15) is 0 Å². The third-order valence-corrected chi connectivity index (χ3v) is 2.68. The van der Waals surface area contributed by atoms with Crippen LogP contribution < -0.4 is 34.0 Å². The van der Waals surface area contributed by atoms with Crippen LogP contribution in [0.1, 0.15) is 41.5 Å². The van der Waals surface area contributed by atoms with Crippen molar-refractivity contribution < 1.29 is 50.5 Å². The minimum Gasteiger partial charge on any atom is -1.00 e. The van der Waals surface area contributed by atoms with E-state index < -0.39 is 0 Å². The van der Waals surface area contributed by atoms with Crippen molar-refractivity contribution in [2.24, 2.45) is 0 Å². The zero-order valence-electron chi connectivity index (χ0n) is 12.2. The van der Waals surface area contributed by atoms with Crippen LogP contribution >= 0.6 is 0 Å². The van der Waals surface area contributed by atoms with Gasteiger partial charge in [-0.15, -0.1) is 0 Å². The zero-order valence-corrected chi connectivity index (χ0v) is 16.4. The van der Waals surface area contributed by atoms with Crippen molar-refractivity contribution in [3.63, 3.8) is 0 Å². The first-order chi connectivity index (χ1) is 6.69. The van der Waals surface area contributed by atoms with Crippen molar-refractivity contribution in [1.82, 2.24) is 9.80 Å². The molecule has 0 radical (unpaired) electrons. The van der Waals surface area contributed by atoms with E-state index in [1.54, 1.807) is 0 Å². The number of nitrogens with zero attached hydrogens (tertiary/aromatic N) is 2. The quantitative estimate of drug-likeness (QED) is 0.416. The first-order valence-electron chi connectivity index (χ1n) is 6.14. The molecule has 2 nitrogen and oxygen atoms in total. The summed E-state index contributed by atoms with van der Waals surface area (Å²) in [6.45, 7) is 20.2. The molecule has 0 aromatic rings. The molecule has 0 saturated heterocycles. The molecule has 0 unspecified atom stereocenters. The molecule has 0 saturated carbocycles. The largest absolute Gasteiger partial charge is 2.00 e. The Morgan fingerprint density at radius 3 is 0.588 bits per heavy atom. The van der Waals surface area contributed by atoms with Crippen LogP contribution in [0.5, 0.6) is 0 Å². The Hall–Kier alpha value is 1.37. The number of hydrogen-bond acceptors (Lipinski definition) is 2. The summed E-state index contributed by atoms with van der Waals surface area (Å²) in [7, 11) is 0. The fourth-order valence-corrected chi connectivity index (χ4v) is 1.34. The Balaban J connectivity index is -0.0000000480. The molecule has 0 fully saturated rings. The predicted octanol–water partition coefficient (Wildman–Crippen LogP) is -3.30. The molecule has 0 N–H and O–H groups in total. The molecule has 5 heteroatoms. The van der Waals surface area contributed by atoms with Gasteiger partial charge in [0.2, 0.25) is 0 Å². The Bertz CT molecular complexity index is 77.5. The van der Waals surface area contributed by atoms with E-state index in [2.05, 4.69) is 51.3 Å². The number of halogens is 2. The van der Waals surface area contributed by atoms with Gasteiger partial charge in [-0.1, -0.05) is 41.5 Å². The summed E-state index contributed by atoms with van der Waals surface area (Å²) < 4.78 is 0. The summed E-state index contributed by atoms with van der Waals surface area (Å²) in [5, 5.41) is 0. The minimum absolute atomic E-state index is 0. The maximum Gasteiger partial charge on any atom is 2.00 e. The van der Waals surface area contributed by atoms with Crippen molar-refractivity contribution in [1.29, 1.82) is 0 Å². The molecule has 112 valence electrons. The van der Waals surface area contributed by atoms with Crippen LogP contribution in [0.2, 0.25) is 0 Å². The number of rotatable bonds is 6. The molecule has 0 amide bonds. The molecule has 0 rings (SSSR count). The average molecular weight is 421 g/mol. The Labute approximate surface area is 140 Å². The number of hydrogen-bond donors (Lipinski definition) is 0. The third kappa shape index (κ3) is 23.0. The van der Waals surface area contributed by atoms with Crippen LogP contribution in [0.25, 0.3) is 0 Å². The second-order valence-corrected chi connectivity index (χ2v) is 3.24. The summed E-state index contributed by atoms with van der Waals surface area (Å²) in [6.07, 6.45) is 0. The molecular formula is C12H30Br2N2Ni. The third-order valence-electron chi connectivity index (χ3n) is 2.68. The standard InChI is InChI=1S/2C6H15N.2BrH.Ni/c2*1-4-7(5-2)6-3;;;/h2*4-6H2,1-3H3;2*1H;/q;;;;+2/p-2. The molecule has 0 aliphatic rings. The Kier molecular flexibility index (Phi) is 47.5. The molecule has 0 aliphatic heterocycles. The predicted molar refractivity (Wildman–Crippen MR) is 66.9 cm³/mol.